The van der Waals surface area contributed by atoms with E-state index in [2.05, 4.69) is 26.2 Å². The van der Waals surface area contributed by atoms with E-state index in [4.69, 9.17) is 9.84 Å². The fourth-order valence-corrected chi connectivity index (χ4v) is 3.93. The number of amides is 1. The van der Waals surface area contributed by atoms with Gasteiger partial charge in [0.05, 0.1) is 12.7 Å². The van der Waals surface area contributed by atoms with Crippen molar-refractivity contribution < 1.29 is 19.4 Å². The molecule has 6 heteroatoms. The fraction of sp³-hybridized carbons (Fsp3) is 0.875. The number of rotatable bonds is 3. The van der Waals surface area contributed by atoms with Crippen LogP contribution in [0.25, 0.3) is 0 Å². The minimum atomic E-state index is -1.45. The Labute approximate surface area is 132 Å². The van der Waals surface area contributed by atoms with Gasteiger partial charge in [0.1, 0.15) is 0 Å². The van der Waals surface area contributed by atoms with E-state index in [0.717, 1.165) is 6.42 Å². The maximum Gasteiger partial charge on any atom is 0.395 e. The van der Waals surface area contributed by atoms with Gasteiger partial charge in [-0.2, -0.15) is 0 Å². The Hall–Kier alpha value is -1.14. The average molecular weight is 312 g/mol. The van der Waals surface area contributed by atoms with E-state index in [0.29, 0.717) is 43.4 Å². The number of carboxylic acid groups (broad SMARTS) is 1. The van der Waals surface area contributed by atoms with Crippen LogP contribution < -0.4 is 5.43 Å². The van der Waals surface area contributed by atoms with Crippen LogP contribution >= 0.6 is 0 Å². The van der Waals surface area contributed by atoms with Gasteiger partial charge in [0, 0.05) is 13.1 Å². The predicted molar refractivity (Wildman–Crippen MR) is 81.9 cm³/mol. The second-order valence-electron chi connectivity index (χ2n) is 7.09. The Kier molecular flexibility index (Phi) is 5.81. The fourth-order valence-electron chi connectivity index (χ4n) is 3.93. The van der Waals surface area contributed by atoms with Gasteiger partial charge >= 0.3 is 11.9 Å². The summed E-state index contributed by atoms with van der Waals surface area (Å²) in [7, 11) is 0. The SMILES string of the molecule is CC1CCC(C(C)C)C(C2CN(NC(=O)C(=O)O)CCO2)C1. The first kappa shape index (κ1) is 17.2. The molecule has 0 radical (unpaired) electrons. The minimum absolute atomic E-state index is 0.0676. The van der Waals surface area contributed by atoms with E-state index in [1.54, 1.807) is 5.01 Å². The molecule has 126 valence electrons. The van der Waals surface area contributed by atoms with E-state index < -0.39 is 11.9 Å². The number of nitrogens with one attached hydrogen (secondary N) is 1. The van der Waals surface area contributed by atoms with E-state index in [1.807, 2.05) is 0 Å². The summed E-state index contributed by atoms with van der Waals surface area (Å²) in [4.78, 5) is 22.0. The zero-order valence-corrected chi connectivity index (χ0v) is 13.7. The summed E-state index contributed by atoms with van der Waals surface area (Å²) in [5.41, 5.74) is 2.46. The third-order valence-corrected chi connectivity index (χ3v) is 5.10. The molecule has 6 nitrogen and oxygen atoms in total. The number of carbonyl (C=O) groups is 2. The average Bonchev–Trinajstić information content (AvgIpc) is 2.47. The van der Waals surface area contributed by atoms with Crippen LogP contribution in [0.4, 0.5) is 0 Å². The number of hydrogen-bond donors (Lipinski definition) is 2. The van der Waals surface area contributed by atoms with Gasteiger partial charge in [-0.15, -0.1) is 0 Å². The Balaban J connectivity index is 2.00. The highest BCUT2D eigenvalue weighted by Crippen LogP contribution is 2.41. The van der Waals surface area contributed by atoms with Gasteiger partial charge in [-0.05, 0) is 36.5 Å². The standard InChI is InChI=1S/C16H28N2O4/c1-10(2)12-5-4-11(3)8-13(12)14-9-18(6-7-22-14)17-15(19)16(20)21/h10-14H,4-9H2,1-3H3,(H,17,19)(H,20,21). The predicted octanol–water partition coefficient (Wildman–Crippen LogP) is 1.51. The Bertz CT molecular complexity index is 413. The van der Waals surface area contributed by atoms with Gasteiger partial charge in [0.2, 0.25) is 0 Å². The molecule has 2 rings (SSSR count). The van der Waals surface area contributed by atoms with Crippen molar-refractivity contribution >= 4 is 11.9 Å². The van der Waals surface area contributed by atoms with Crippen molar-refractivity contribution in [3.05, 3.63) is 0 Å². The number of nitrogens with zero attached hydrogens (tertiary/aromatic N) is 1. The summed E-state index contributed by atoms with van der Waals surface area (Å²) < 4.78 is 5.98. The highest BCUT2D eigenvalue weighted by molar-refractivity contribution is 6.31. The van der Waals surface area contributed by atoms with Crippen LogP contribution in [-0.4, -0.2) is 47.8 Å². The molecule has 0 aromatic heterocycles. The van der Waals surface area contributed by atoms with E-state index >= 15 is 0 Å². The summed E-state index contributed by atoms with van der Waals surface area (Å²) in [6.45, 7) is 8.45. The summed E-state index contributed by atoms with van der Waals surface area (Å²) >= 11 is 0. The van der Waals surface area contributed by atoms with Gasteiger partial charge in [0.15, 0.2) is 0 Å². The number of carboxylic acids is 1. The second-order valence-corrected chi connectivity index (χ2v) is 7.09. The molecular weight excluding hydrogens is 284 g/mol. The first-order chi connectivity index (χ1) is 10.4. The summed E-state index contributed by atoms with van der Waals surface area (Å²) in [6.07, 6.45) is 3.71. The van der Waals surface area contributed by atoms with E-state index in [9.17, 15) is 9.59 Å². The first-order valence-electron chi connectivity index (χ1n) is 8.29. The van der Waals surface area contributed by atoms with Gasteiger partial charge in [0.25, 0.3) is 0 Å². The number of hydrazine groups is 1. The Morgan fingerprint density at radius 2 is 2.05 bits per heavy atom. The summed E-state index contributed by atoms with van der Waals surface area (Å²) in [6, 6.07) is 0. The Morgan fingerprint density at radius 3 is 2.68 bits per heavy atom. The van der Waals surface area contributed by atoms with Crippen molar-refractivity contribution in [2.45, 2.75) is 46.1 Å². The van der Waals surface area contributed by atoms with Crippen molar-refractivity contribution in [2.75, 3.05) is 19.7 Å². The number of carbonyl (C=O) groups excluding carboxylic acids is 1. The first-order valence-corrected chi connectivity index (χ1v) is 8.29. The number of aliphatic carboxylic acids is 1. The van der Waals surface area contributed by atoms with Gasteiger partial charge in [-0.3, -0.25) is 10.2 Å². The van der Waals surface area contributed by atoms with Crippen LogP contribution in [0, 0.1) is 23.7 Å². The van der Waals surface area contributed by atoms with Crippen LogP contribution in [0.15, 0.2) is 0 Å². The molecule has 4 atom stereocenters. The summed E-state index contributed by atoms with van der Waals surface area (Å²) in [5.74, 6) is 0.00902. The maximum absolute atomic E-state index is 11.3. The van der Waals surface area contributed by atoms with Crippen molar-refractivity contribution in [3.8, 4) is 0 Å². The van der Waals surface area contributed by atoms with E-state index in [-0.39, 0.29) is 6.10 Å². The lowest BCUT2D eigenvalue weighted by Gasteiger charge is -2.44. The van der Waals surface area contributed by atoms with Crippen LogP contribution in [0.1, 0.15) is 40.0 Å². The highest BCUT2D eigenvalue weighted by Gasteiger charge is 2.38. The zero-order valence-electron chi connectivity index (χ0n) is 13.7. The van der Waals surface area contributed by atoms with Crippen LogP contribution in [0.5, 0.6) is 0 Å². The van der Waals surface area contributed by atoms with Crippen molar-refractivity contribution in [1.82, 2.24) is 10.4 Å². The summed E-state index contributed by atoms with van der Waals surface area (Å²) in [5, 5.41) is 10.4. The molecule has 1 saturated heterocycles. The molecule has 2 fully saturated rings. The lowest BCUT2D eigenvalue weighted by Crippen LogP contribution is -2.56. The monoisotopic (exact) mass is 312 g/mol. The molecule has 1 amide bonds. The molecule has 2 N–H and O–H groups in total. The molecule has 4 unspecified atom stereocenters. The smallest absolute Gasteiger partial charge is 0.395 e. The quantitative estimate of drug-likeness (QED) is 0.772. The van der Waals surface area contributed by atoms with Crippen molar-refractivity contribution in [1.29, 1.82) is 0 Å². The molecule has 1 aliphatic heterocycles. The molecule has 1 aliphatic carbocycles. The molecule has 0 bridgehead atoms. The second kappa shape index (κ2) is 7.42. The molecular formula is C16H28N2O4. The van der Waals surface area contributed by atoms with Crippen LogP contribution in [0.3, 0.4) is 0 Å². The third kappa shape index (κ3) is 4.20. The lowest BCUT2D eigenvalue weighted by atomic mass is 9.68. The molecule has 22 heavy (non-hydrogen) atoms. The van der Waals surface area contributed by atoms with Crippen LogP contribution in [-0.2, 0) is 14.3 Å². The molecule has 1 saturated carbocycles. The van der Waals surface area contributed by atoms with Crippen molar-refractivity contribution in [2.24, 2.45) is 23.7 Å². The topological polar surface area (TPSA) is 78.9 Å². The number of morpholine rings is 1. The van der Waals surface area contributed by atoms with Gasteiger partial charge < -0.3 is 9.84 Å². The van der Waals surface area contributed by atoms with Crippen LogP contribution in [0.2, 0.25) is 0 Å². The zero-order chi connectivity index (χ0) is 16.3. The van der Waals surface area contributed by atoms with E-state index in [1.165, 1.54) is 12.8 Å². The Morgan fingerprint density at radius 1 is 1.32 bits per heavy atom. The maximum atomic E-state index is 11.3. The third-order valence-electron chi connectivity index (χ3n) is 5.10. The molecule has 1 heterocycles. The minimum Gasteiger partial charge on any atom is -0.474 e. The number of ether oxygens (including phenoxy) is 1. The number of hydrogen-bond acceptors (Lipinski definition) is 4. The largest absolute Gasteiger partial charge is 0.474 e. The molecule has 0 spiro atoms. The molecule has 0 aromatic rings. The highest BCUT2D eigenvalue weighted by atomic mass is 16.5. The molecule has 0 aromatic carbocycles. The normalized spacial score (nSPS) is 33.6. The van der Waals surface area contributed by atoms with Gasteiger partial charge in [-0.1, -0.05) is 27.2 Å². The lowest BCUT2D eigenvalue weighted by molar-refractivity contribution is -0.156. The van der Waals surface area contributed by atoms with Crippen molar-refractivity contribution in [3.63, 3.8) is 0 Å². The molecule has 2 aliphatic rings. The van der Waals surface area contributed by atoms with Gasteiger partial charge in [-0.25, -0.2) is 9.80 Å².